The van der Waals surface area contributed by atoms with Crippen LogP contribution in [-0.4, -0.2) is 39.8 Å². The lowest BCUT2D eigenvalue weighted by molar-refractivity contribution is 0.0600. The van der Waals surface area contributed by atoms with E-state index in [-0.39, 0.29) is 5.97 Å². The molecular weight excluding hydrogens is 312 g/mol. The van der Waals surface area contributed by atoms with Crippen molar-refractivity contribution in [2.45, 2.75) is 33.0 Å². The van der Waals surface area contributed by atoms with Crippen molar-refractivity contribution < 1.29 is 9.53 Å². The molecule has 23 heavy (non-hydrogen) atoms. The maximum Gasteiger partial charge on any atom is 0.337 e. The second-order valence-electron chi connectivity index (χ2n) is 5.82. The maximum atomic E-state index is 11.4. The smallest absolute Gasteiger partial charge is 0.337 e. The molecule has 0 aliphatic heterocycles. The molecule has 0 aliphatic carbocycles. The molecule has 0 atom stereocenters. The molecule has 0 aliphatic rings. The van der Waals surface area contributed by atoms with Crippen LogP contribution in [0.15, 0.2) is 24.3 Å². The molecule has 7 heteroatoms. The largest absolute Gasteiger partial charge is 0.465 e. The van der Waals surface area contributed by atoms with Gasteiger partial charge in [-0.1, -0.05) is 26.0 Å². The Labute approximate surface area is 141 Å². The molecule has 0 unspecified atom stereocenters. The fourth-order valence-electron chi connectivity index (χ4n) is 2.20. The summed E-state index contributed by atoms with van der Waals surface area (Å²) >= 11 is 5.28. The third kappa shape index (κ3) is 4.49. The van der Waals surface area contributed by atoms with Gasteiger partial charge in [0.05, 0.1) is 19.3 Å². The maximum absolute atomic E-state index is 11.4. The molecule has 124 valence electrons. The summed E-state index contributed by atoms with van der Waals surface area (Å²) < 4.78 is 7.11. The van der Waals surface area contributed by atoms with Crippen LogP contribution in [0.25, 0.3) is 0 Å². The minimum absolute atomic E-state index is 0.314. The Morgan fingerprint density at radius 1 is 1.39 bits per heavy atom. The lowest BCUT2D eigenvalue weighted by Crippen LogP contribution is -2.22. The first-order chi connectivity index (χ1) is 10.9. The van der Waals surface area contributed by atoms with Crippen molar-refractivity contribution in [3.63, 3.8) is 0 Å². The van der Waals surface area contributed by atoms with Gasteiger partial charge in [0.1, 0.15) is 5.82 Å². The first-order valence-corrected chi connectivity index (χ1v) is 7.84. The molecule has 0 amide bonds. The minimum Gasteiger partial charge on any atom is -0.465 e. The van der Waals surface area contributed by atoms with Crippen molar-refractivity contribution >= 4 is 18.2 Å². The summed E-state index contributed by atoms with van der Waals surface area (Å²) in [7, 11) is 3.38. The van der Waals surface area contributed by atoms with E-state index in [1.54, 1.807) is 12.1 Å². The van der Waals surface area contributed by atoms with E-state index in [0.717, 1.165) is 17.9 Å². The highest BCUT2D eigenvalue weighted by Crippen LogP contribution is 2.10. The molecule has 0 fully saturated rings. The lowest BCUT2D eigenvalue weighted by Gasteiger charge is -2.17. The predicted octanol–water partition coefficient (Wildman–Crippen LogP) is 2.94. The normalized spacial score (nSPS) is 11.2. The van der Waals surface area contributed by atoms with Crippen LogP contribution in [0.4, 0.5) is 0 Å². The summed E-state index contributed by atoms with van der Waals surface area (Å²) in [6, 6.07) is 7.39. The molecule has 2 aromatic rings. The molecule has 6 nitrogen and oxygen atoms in total. The van der Waals surface area contributed by atoms with Gasteiger partial charge in [0.15, 0.2) is 0 Å². The zero-order chi connectivity index (χ0) is 17.0. The average molecular weight is 334 g/mol. The summed E-state index contributed by atoms with van der Waals surface area (Å²) in [4.78, 5) is 17.9. The highest BCUT2D eigenvalue weighted by Gasteiger charge is 2.09. The number of aromatic nitrogens is 3. The Morgan fingerprint density at radius 2 is 2.04 bits per heavy atom. The number of methoxy groups -OCH3 is 1. The topological polar surface area (TPSA) is 63.1 Å². The van der Waals surface area contributed by atoms with Crippen molar-refractivity contribution in [1.82, 2.24) is 19.7 Å². The Morgan fingerprint density at radius 3 is 2.57 bits per heavy atom. The van der Waals surface area contributed by atoms with E-state index in [0.29, 0.717) is 22.9 Å². The number of nitrogens with zero attached hydrogens (tertiary/aromatic N) is 3. The van der Waals surface area contributed by atoms with Crippen LogP contribution in [0.1, 0.15) is 41.5 Å². The highest BCUT2D eigenvalue weighted by atomic mass is 32.1. The number of rotatable bonds is 6. The second-order valence-corrected chi connectivity index (χ2v) is 6.18. The molecule has 0 saturated carbocycles. The Hall–Kier alpha value is -1.99. The molecule has 0 spiro atoms. The number of benzene rings is 1. The van der Waals surface area contributed by atoms with Gasteiger partial charge in [-0.3, -0.25) is 10.00 Å². The SMILES string of the molecule is COC(=O)c1ccc(CN(C)Cn2[nH]c(C(C)C)nc2=S)cc1. The van der Waals surface area contributed by atoms with E-state index >= 15 is 0 Å². The summed E-state index contributed by atoms with van der Waals surface area (Å²) in [6.45, 7) is 5.51. The molecule has 1 N–H and O–H groups in total. The quantitative estimate of drug-likeness (QED) is 0.650. The number of carbonyl (C=O) groups is 1. The van der Waals surface area contributed by atoms with Gasteiger partial charge in [0, 0.05) is 12.5 Å². The van der Waals surface area contributed by atoms with E-state index in [4.69, 9.17) is 17.0 Å². The average Bonchev–Trinajstić information content (AvgIpc) is 2.88. The molecule has 2 rings (SSSR count). The van der Waals surface area contributed by atoms with Crippen LogP contribution in [-0.2, 0) is 18.0 Å². The van der Waals surface area contributed by atoms with Crippen molar-refractivity contribution in [3.8, 4) is 0 Å². The van der Waals surface area contributed by atoms with Gasteiger partial charge in [-0.15, -0.1) is 0 Å². The van der Waals surface area contributed by atoms with E-state index < -0.39 is 0 Å². The number of esters is 1. The summed E-state index contributed by atoms with van der Waals surface area (Å²) in [5.41, 5.74) is 1.66. The van der Waals surface area contributed by atoms with Crippen LogP contribution in [0.2, 0.25) is 0 Å². The van der Waals surface area contributed by atoms with E-state index in [1.807, 2.05) is 23.9 Å². The number of nitrogens with one attached hydrogen (secondary N) is 1. The highest BCUT2D eigenvalue weighted by molar-refractivity contribution is 7.71. The molecule has 1 aromatic heterocycles. The first kappa shape index (κ1) is 17.4. The van der Waals surface area contributed by atoms with Crippen LogP contribution in [0.5, 0.6) is 0 Å². The lowest BCUT2D eigenvalue weighted by atomic mass is 10.1. The number of ether oxygens (including phenoxy) is 1. The fraction of sp³-hybridized carbons (Fsp3) is 0.438. The number of carbonyl (C=O) groups excluding carboxylic acids is 1. The Kier molecular flexibility index (Phi) is 5.68. The van der Waals surface area contributed by atoms with Gasteiger partial charge < -0.3 is 4.74 Å². The Balaban J connectivity index is 2.00. The van der Waals surface area contributed by atoms with Gasteiger partial charge in [0.25, 0.3) is 0 Å². The van der Waals surface area contributed by atoms with Crippen LogP contribution >= 0.6 is 12.2 Å². The van der Waals surface area contributed by atoms with Gasteiger partial charge in [-0.05, 0) is 37.0 Å². The number of hydrogen-bond acceptors (Lipinski definition) is 5. The summed E-state index contributed by atoms with van der Waals surface area (Å²) in [6.07, 6.45) is 0. The second kappa shape index (κ2) is 7.52. The molecule has 0 radical (unpaired) electrons. The summed E-state index contributed by atoms with van der Waals surface area (Å²) in [5.74, 6) is 0.884. The minimum atomic E-state index is -0.324. The zero-order valence-corrected chi connectivity index (χ0v) is 14.7. The van der Waals surface area contributed by atoms with Crippen LogP contribution < -0.4 is 0 Å². The van der Waals surface area contributed by atoms with Gasteiger partial charge >= 0.3 is 5.97 Å². The molecule has 1 aromatic carbocycles. The third-order valence-corrected chi connectivity index (χ3v) is 3.77. The van der Waals surface area contributed by atoms with Gasteiger partial charge in [-0.2, -0.15) is 0 Å². The zero-order valence-electron chi connectivity index (χ0n) is 13.9. The van der Waals surface area contributed by atoms with Crippen molar-refractivity contribution in [2.75, 3.05) is 14.2 Å². The fourth-order valence-corrected chi connectivity index (χ4v) is 2.40. The van der Waals surface area contributed by atoms with Crippen molar-refractivity contribution in [1.29, 1.82) is 0 Å². The molecule has 0 saturated heterocycles. The number of hydrogen-bond donors (Lipinski definition) is 1. The predicted molar refractivity (Wildman–Crippen MR) is 90.7 cm³/mol. The van der Waals surface area contributed by atoms with E-state index in [1.165, 1.54) is 7.11 Å². The number of aromatic amines is 1. The third-order valence-electron chi connectivity index (χ3n) is 3.45. The van der Waals surface area contributed by atoms with Crippen molar-refractivity contribution in [2.24, 2.45) is 0 Å². The summed E-state index contributed by atoms with van der Waals surface area (Å²) in [5, 5.41) is 3.23. The standard InChI is InChI=1S/C16H22N4O2S/c1-11(2)14-17-16(23)20(18-14)10-19(3)9-12-5-7-13(8-6-12)15(21)22-4/h5-8,11H,9-10H2,1-4H3,(H,17,18,23). The van der Waals surface area contributed by atoms with Crippen molar-refractivity contribution in [3.05, 3.63) is 46.0 Å². The first-order valence-electron chi connectivity index (χ1n) is 7.43. The van der Waals surface area contributed by atoms with Crippen LogP contribution in [0, 0.1) is 4.77 Å². The molecule has 0 bridgehead atoms. The monoisotopic (exact) mass is 334 g/mol. The van der Waals surface area contributed by atoms with Gasteiger partial charge in [0.2, 0.25) is 4.77 Å². The Bertz CT molecular complexity index is 718. The number of H-pyrrole nitrogens is 1. The molecular formula is C16H22N4O2S. The van der Waals surface area contributed by atoms with E-state index in [9.17, 15) is 4.79 Å². The van der Waals surface area contributed by atoms with Crippen LogP contribution in [0.3, 0.4) is 0 Å². The van der Waals surface area contributed by atoms with Gasteiger partial charge in [-0.25, -0.2) is 14.5 Å². The van der Waals surface area contributed by atoms with E-state index in [2.05, 4.69) is 28.8 Å². The molecule has 1 heterocycles.